The summed E-state index contributed by atoms with van der Waals surface area (Å²) in [6, 6.07) is 1.97. The van der Waals surface area contributed by atoms with Gasteiger partial charge in [-0.15, -0.1) is 11.3 Å². The molecule has 3 N–H and O–H groups in total. The Morgan fingerprint density at radius 3 is 3.00 bits per heavy atom. The van der Waals surface area contributed by atoms with E-state index in [0.29, 0.717) is 19.5 Å². The first-order valence-corrected chi connectivity index (χ1v) is 5.60. The Morgan fingerprint density at radius 2 is 2.46 bits per heavy atom. The zero-order valence-corrected chi connectivity index (χ0v) is 9.45. The molecule has 1 amide bonds. The average Bonchev–Trinajstić information content (AvgIpc) is 2.48. The number of nitrogens with one attached hydrogen (secondary N) is 1. The summed E-state index contributed by atoms with van der Waals surface area (Å²) in [5.74, 6) is 0.00259. The minimum Gasteiger partial charge on any atom is -0.351 e. The van der Waals surface area contributed by atoms with Gasteiger partial charge < -0.3 is 11.1 Å². The predicted molar refractivity (Wildman–Crippen MR) is 57.5 cm³/mol. The zero-order chi connectivity index (χ0) is 9.68. The first-order valence-electron chi connectivity index (χ1n) is 3.92. The number of carbonyl (C=O) groups is 1. The standard InChI is InChI=1S/C8H11BrN2OS/c9-6-2-4-13-7(6)5-11-8(12)1-3-10/h2,4H,1,3,5,10H2,(H,11,12). The van der Waals surface area contributed by atoms with Crippen molar-refractivity contribution >= 4 is 33.2 Å². The lowest BCUT2D eigenvalue weighted by Gasteiger charge is -2.02. The highest BCUT2D eigenvalue weighted by Crippen LogP contribution is 2.21. The van der Waals surface area contributed by atoms with Crippen LogP contribution < -0.4 is 11.1 Å². The van der Waals surface area contributed by atoms with Crippen LogP contribution in [0.25, 0.3) is 0 Å². The lowest BCUT2D eigenvalue weighted by Crippen LogP contribution is -2.24. The van der Waals surface area contributed by atoms with Crippen molar-refractivity contribution in [2.45, 2.75) is 13.0 Å². The molecule has 0 aromatic carbocycles. The molecular weight excluding hydrogens is 252 g/mol. The highest BCUT2D eigenvalue weighted by atomic mass is 79.9. The maximum atomic E-state index is 11.0. The number of hydrogen-bond donors (Lipinski definition) is 2. The van der Waals surface area contributed by atoms with Gasteiger partial charge in [-0.2, -0.15) is 0 Å². The number of thiophene rings is 1. The van der Waals surface area contributed by atoms with E-state index in [2.05, 4.69) is 21.2 Å². The van der Waals surface area contributed by atoms with E-state index in [-0.39, 0.29) is 5.91 Å². The van der Waals surface area contributed by atoms with E-state index in [9.17, 15) is 4.79 Å². The van der Waals surface area contributed by atoms with Crippen LogP contribution in [0.5, 0.6) is 0 Å². The summed E-state index contributed by atoms with van der Waals surface area (Å²) in [5.41, 5.74) is 5.24. The van der Waals surface area contributed by atoms with Gasteiger partial charge >= 0.3 is 0 Å². The normalized spacial score (nSPS) is 10.0. The van der Waals surface area contributed by atoms with Crippen molar-refractivity contribution in [3.63, 3.8) is 0 Å². The fourth-order valence-corrected chi connectivity index (χ4v) is 2.28. The maximum Gasteiger partial charge on any atom is 0.221 e. The highest BCUT2D eigenvalue weighted by Gasteiger charge is 2.03. The second-order valence-corrected chi connectivity index (χ2v) is 4.36. The van der Waals surface area contributed by atoms with Crippen molar-refractivity contribution in [3.8, 4) is 0 Å². The topological polar surface area (TPSA) is 55.1 Å². The van der Waals surface area contributed by atoms with Crippen LogP contribution in [-0.4, -0.2) is 12.5 Å². The van der Waals surface area contributed by atoms with Gasteiger partial charge in [0, 0.05) is 22.3 Å². The van der Waals surface area contributed by atoms with Crippen LogP contribution in [0, 0.1) is 0 Å². The molecule has 0 fully saturated rings. The fourth-order valence-electron chi connectivity index (χ4n) is 0.850. The molecule has 13 heavy (non-hydrogen) atoms. The summed E-state index contributed by atoms with van der Waals surface area (Å²) in [7, 11) is 0. The van der Waals surface area contributed by atoms with Gasteiger partial charge in [0.05, 0.1) is 6.54 Å². The van der Waals surface area contributed by atoms with Crippen LogP contribution in [0.2, 0.25) is 0 Å². The zero-order valence-electron chi connectivity index (χ0n) is 7.05. The van der Waals surface area contributed by atoms with E-state index in [1.165, 1.54) is 0 Å². The van der Waals surface area contributed by atoms with Gasteiger partial charge in [-0.05, 0) is 27.4 Å². The summed E-state index contributed by atoms with van der Waals surface area (Å²) in [6.45, 7) is 0.981. The largest absolute Gasteiger partial charge is 0.351 e. The van der Waals surface area contributed by atoms with Crippen LogP contribution in [0.1, 0.15) is 11.3 Å². The Bertz CT molecular complexity index is 287. The highest BCUT2D eigenvalue weighted by molar-refractivity contribution is 9.10. The summed E-state index contributed by atoms with van der Waals surface area (Å²) in [5, 5.41) is 4.77. The van der Waals surface area contributed by atoms with Crippen molar-refractivity contribution < 1.29 is 4.79 Å². The second kappa shape index (κ2) is 5.36. The van der Waals surface area contributed by atoms with Gasteiger partial charge in [-0.25, -0.2) is 0 Å². The Labute approximate surface area is 89.5 Å². The predicted octanol–water partition coefficient (Wildman–Crippen LogP) is 1.48. The average molecular weight is 263 g/mol. The van der Waals surface area contributed by atoms with Crippen LogP contribution in [0.4, 0.5) is 0 Å². The molecule has 0 saturated carbocycles. The van der Waals surface area contributed by atoms with Gasteiger partial charge in [-0.3, -0.25) is 4.79 Å². The summed E-state index contributed by atoms with van der Waals surface area (Å²) in [6.07, 6.45) is 0.392. The van der Waals surface area contributed by atoms with E-state index in [4.69, 9.17) is 5.73 Å². The second-order valence-electron chi connectivity index (χ2n) is 2.51. The van der Waals surface area contributed by atoms with E-state index >= 15 is 0 Å². The van der Waals surface area contributed by atoms with Crippen LogP contribution in [0.15, 0.2) is 15.9 Å². The SMILES string of the molecule is NCCC(=O)NCc1sccc1Br. The van der Waals surface area contributed by atoms with Crippen molar-refractivity contribution in [1.82, 2.24) is 5.32 Å². The molecule has 1 aromatic rings. The molecular formula is C8H11BrN2OS. The molecule has 5 heteroatoms. The first-order chi connectivity index (χ1) is 6.24. The fraction of sp³-hybridized carbons (Fsp3) is 0.375. The molecule has 0 bridgehead atoms. The molecule has 72 valence electrons. The molecule has 1 heterocycles. The molecule has 0 radical (unpaired) electrons. The van der Waals surface area contributed by atoms with Crippen molar-refractivity contribution in [3.05, 3.63) is 20.8 Å². The molecule has 0 aliphatic heterocycles. The monoisotopic (exact) mass is 262 g/mol. The van der Waals surface area contributed by atoms with Crippen LogP contribution >= 0.6 is 27.3 Å². The maximum absolute atomic E-state index is 11.0. The first kappa shape index (κ1) is 10.7. The molecule has 3 nitrogen and oxygen atoms in total. The molecule has 1 aromatic heterocycles. The Morgan fingerprint density at radius 1 is 1.69 bits per heavy atom. The number of carbonyl (C=O) groups excluding carboxylic acids is 1. The number of amides is 1. The van der Waals surface area contributed by atoms with Gasteiger partial charge in [-0.1, -0.05) is 0 Å². The van der Waals surface area contributed by atoms with Gasteiger partial charge in [0.1, 0.15) is 0 Å². The third kappa shape index (κ3) is 3.46. The van der Waals surface area contributed by atoms with E-state index in [1.807, 2.05) is 11.4 Å². The third-order valence-corrected chi connectivity index (χ3v) is 3.43. The number of hydrogen-bond acceptors (Lipinski definition) is 3. The minimum atomic E-state index is 0.00259. The van der Waals surface area contributed by atoms with Gasteiger partial charge in [0.15, 0.2) is 0 Å². The van der Waals surface area contributed by atoms with Gasteiger partial charge in [0.25, 0.3) is 0 Å². The van der Waals surface area contributed by atoms with Crippen LogP contribution in [-0.2, 0) is 11.3 Å². The molecule has 1 rings (SSSR count). The molecule has 0 aliphatic rings. The number of nitrogens with two attached hydrogens (primary N) is 1. The Hall–Kier alpha value is -0.390. The third-order valence-electron chi connectivity index (χ3n) is 1.51. The lowest BCUT2D eigenvalue weighted by atomic mass is 10.4. The lowest BCUT2D eigenvalue weighted by molar-refractivity contribution is -0.121. The molecule has 0 atom stereocenters. The summed E-state index contributed by atoms with van der Waals surface area (Å²) >= 11 is 5.01. The Kier molecular flexibility index (Phi) is 4.41. The summed E-state index contributed by atoms with van der Waals surface area (Å²) in [4.78, 5) is 12.2. The van der Waals surface area contributed by atoms with E-state index < -0.39 is 0 Å². The molecule has 0 spiro atoms. The quantitative estimate of drug-likeness (QED) is 0.864. The molecule has 0 aliphatic carbocycles. The number of halogens is 1. The van der Waals surface area contributed by atoms with E-state index in [1.54, 1.807) is 11.3 Å². The van der Waals surface area contributed by atoms with Crippen molar-refractivity contribution in [2.24, 2.45) is 5.73 Å². The number of rotatable bonds is 4. The van der Waals surface area contributed by atoms with Gasteiger partial charge in [0.2, 0.25) is 5.91 Å². The molecule has 0 saturated heterocycles. The van der Waals surface area contributed by atoms with Crippen molar-refractivity contribution in [1.29, 1.82) is 0 Å². The minimum absolute atomic E-state index is 0.00259. The Balaban J connectivity index is 2.35. The molecule has 0 unspecified atom stereocenters. The van der Waals surface area contributed by atoms with Crippen LogP contribution in [0.3, 0.4) is 0 Å². The summed E-state index contributed by atoms with van der Waals surface area (Å²) < 4.78 is 1.05. The van der Waals surface area contributed by atoms with Crippen molar-refractivity contribution in [2.75, 3.05) is 6.54 Å². The smallest absolute Gasteiger partial charge is 0.221 e. The van der Waals surface area contributed by atoms with E-state index in [0.717, 1.165) is 9.35 Å².